The van der Waals surface area contributed by atoms with E-state index in [2.05, 4.69) is 57.0 Å². The van der Waals surface area contributed by atoms with E-state index >= 15 is 0 Å². The number of fused-ring (bicyclic) bond motifs is 1. The molecule has 3 aliphatic heterocycles. The second-order valence-electron chi connectivity index (χ2n) is 9.60. The van der Waals surface area contributed by atoms with Crippen molar-refractivity contribution in [1.82, 2.24) is 19.7 Å². The predicted molar refractivity (Wildman–Crippen MR) is 135 cm³/mol. The molecule has 1 atom stereocenters. The van der Waals surface area contributed by atoms with E-state index in [1.807, 2.05) is 6.07 Å². The molecule has 8 heteroatoms. The van der Waals surface area contributed by atoms with Crippen LogP contribution in [0.5, 0.6) is 11.5 Å². The fourth-order valence-corrected chi connectivity index (χ4v) is 6.22. The number of likely N-dealkylation sites (tertiary alicyclic amines) is 1. The van der Waals surface area contributed by atoms with Crippen molar-refractivity contribution in [3.05, 3.63) is 65.5 Å². The monoisotopic (exact) mass is 492 g/mol. The van der Waals surface area contributed by atoms with E-state index in [0.717, 1.165) is 86.7 Å². The smallest absolute Gasteiger partial charge is 0.231 e. The molecule has 184 valence electrons. The number of hydrogen-bond acceptors (Lipinski definition) is 7. The predicted octanol–water partition coefficient (Wildman–Crippen LogP) is 4.71. The molecule has 0 saturated carbocycles. The fraction of sp³-hybridized carbons (Fsp3) is 0.481. The van der Waals surface area contributed by atoms with Gasteiger partial charge in [0.05, 0.1) is 12.6 Å². The minimum absolute atomic E-state index is 0.321. The van der Waals surface area contributed by atoms with Crippen molar-refractivity contribution >= 4 is 11.8 Å². The highest BCUT2D eigenvalue weighted by Gasteiger charge is 2.27. The highest BCUT2D eigenvalue weighted by atomic mass is 32.2. The van der Waals surface area contributed by atoms with Crippen LogP contribution < -0.4 is 9.47 Å². The zero-order chi connectivity index (χ0) is 23.5. The zero-order valence-electron chi connectivity index (χ0n) is 20.0. The molecule has 0 amide bonds. The largest absolute Gasteiger partial charge is 0.454 e. The summed E-state index contributed by atoms with van der Waals surface area (Å²) in [5, 5.41) is 10.4. The number of nitrogens with zero attached hydrogens (tertiary/aromatic N) is 4. The summed E-state index contributed by atoms with van der Waals surface area (Å²) in [5.74, 6) is 4.21. The minimum Gasteiger partial charge on any atom is -0.454 e. The second kappa shape index (κ2) is 10.6. The number of thioether (sulfide) groups is 1. The lowest BCUT2D eigenvalue weighted by atomic mass is 9.95. The van der Waals surface area contributed by atoms with Gasteiger partial charge in [0.25, 0.3) is 0 Å². The Bertz CT molecular complexity index is 1120. The summed E-state index contributed by atoms with van der Waals surface area (Å²) in [6.45, 7) is 5.06. The Morgan fingerprint density at radius 3 is 2.57 bits per heavy atom. The number of aromatic nitrogens is 3. The van der Waals surface area contributed by atoms with E-state index in [1.165, 1.54) is 11.1 Å². The Balaban J connectivity index is 1.13. The van der Waals surface area contributed by atoms with E-state index in [0.29, 0.717) is 18.8 Å². The van der Waals surface area contributed by atoms with Crippen molar-refractivity contribution in [2.24, 2.45) is 0 Å². The summed E-state index contributed by atoms with van der Waals surface area (Å²) in [6, 6.07) is 16.9. The first-order valence-corrected chi connectivity index (χ1v) is 13.6. The van der Waals surface area contributed by atoms with Crippen molar-refractivity contribution in [2.75, 3.05) is 32.2 Å². The molecule has 7 nitrogen and oxygen atoms in total. The fourth-order valence-electron chi connectivity index (χ4n) is 5.21. The van der Waals surface area contributed by atoms with Crippen LogP contribution in [-0.2, 0) is 17.8 Å². The topological polar surface area (TPSA) is 61.6 Å². The lowest BCUT2D eigenvalue weighted by Gasteiger charge is -2.31. The Morgan fingerprint density at radius 1 is 0.886 bits per heavy atom. The molecule has 0 radical (unpaired) electrons. The van der Waals surface area contributed by atoms with Gasteiger partial charge in [-0.3, -0.25) is 4.90 Å². The zero-order valence-corrected chi connectivity index (χ0v) is 20.8. The van der Waals surface area contributed by atoms with E-state index in [4.69, 9.17) is 19.3 Å². The van der Waals surface area contributed by atoms with Gasteiger partial charge in [0.1, 0.15) is 5.82 Å². The van der Waals surface area contributed by atoms with Gasteiger partial charge in [0.2, 0.25) is 6.79 Å². The number of hydrogen-bond donors (Lipinski definition) is 0. The molecular weight excluding hydrogens is 460 g/mol. The molecule has 2 saturated heterocycles. The Labute approximate surface area is 210 Å². The van der Waals surface area contributed by atoms with Gasteiger partial charge in [0.15, 0.2) is 16.7 Å². The molecule has 4 heterocycles. The molecule has 1 aromatic heterocycles. The quantitative estimate of drug-likeness (QED) is 0.422. The van der Waals surface area contributed by atoms with Crippen molar-refractivity contribution in [3.8, 4) is 11.5 Å². The summed E-state index contributed by atoms with van der Waals surface area (Å²) in [6.07, 6.45) is 4.83. The van der Waals surface area contributed by atoms with Gasteiger partial charge in [-0.15, -0.1) is 10.2 Å². The lowest BCUT2D eigenvalue weighted by molar-refractivity contribution is 0.129. The number of benzene rings is 2. The van der Waals surface area contributed by atoms with Gasteiger partial charge in [-0.05, 0) is 62.0 Å². The van der Waals surface area contributed by atoms with E-state index in [9.17, 15) is 0 Å². The molecule has 35 heavy (non-hydrogen) atoms. The van der Waals surface area contributed by atoms with Crippen LogP contribution in [0.15, 0.2) is 53.7 Å². The highest BCUT2D eigenvalue weighted by Crippen LogP contribution is 2.34. The maximum Gasteiger partial charge on any atom is 0.231 e. The molecular formula is C27H32N4O3S. The number of rotatable bonds is 8. The average molecular weight is 493 g/mol. The van der Waals surface area contributed by atoms with E-state index < -0.39 is 0 Å². The molecule has 0 aliphatic carbocycles. The maximum atomic E-state index is 5.84. The first-order chi connectivity index (χ1) is 17.3. The third kappa shape index (κ3) is 5.34. The van der Waals surface area contributed by atoms with Gasteiger partial charge in [-0.1, -0.05) is 48.2 Å². The van der Waals surface area contributed by atoms with Gasteiger partial charge in [-0.25, -0.2) is 0 Å². The van der Waals surface area contributed by atoms with Gasteiger partial charge < -0.3 is 18.8 Å². The van der Waals surface area contributed by atoms with Gasteiger partial charge >= 0.3 is 0 Å². The van der Waals surface area contributed by atoms with Crippen molar-refractivity contribution in [1.29, 1.82) is 0 Å². The minimum atomic E-state index is 0.321. The van der Waals surface area contributed by atoms with Crippen LogP contribution in [0.3, 0.4) is 0 Å². The summed E-state index contributed by atoms with van der Waals surface area (Å²) >= 11 is 1.79. The van der Waals surface area contributed by atoms with Crippen LogP contribution >= 0.6 is 11.8 Å². The third-order valence-corrected chi connectivity index (χ3v) is 8.25. The maximum absolute atomic E-state index is 5.84. The average Bonchev–Trinajstić information content (AvgIpc) is 3.65. The molecule has 3 aliphatic rings. The van der Waals surface area contributed by atoms with Crippen LogP contribution in [0.2, 0.25) is 0 Å². The Hall–Kier alpha value is -2.55. The van der Waals surface area contributed by atoms with Crippen LogP contribution in [0.1, 0.15) is 48.6 Å². The van der Waals surface area contributed by atoms with E-state index in [-0.39, 0.29) is 0 Å². The molecule has 0 spiro atoms. The van der Waals surface area contributed by atoms with E-state index in [1.54, 1.807) is 11.8 Å². The first-order valence-electron chi connectivity index (χ1n) is 12.6. The van der Waals surface area contributed by atoms with Crippen LogP contribution in [0, 0.1) is 0 Å². The van der Waals surface area contributed by atoms with Crippen LogP contribution in [0.4, 0.5) is 0 Å². The molecule has 0 bridgehead atoms. The summed E-state index contributed by atoms with van der Waals surface area (Å²) < 4.78 is 19.2. The molecule has 2 aromatic carbocycles. The third-order valence-electron chi connectivity index (χ3n) is 7.15. The first kappa shape index (κ1) is 22.9. The summed E-state index contributed by atoms with van der Waals surface area (Å²) in [7, 11) is 0. The normalized spacial score (nSPS) is 20.5. The summed E-state index contributed by atoms with van der Waals surface area (Å²) in [4.78, 5) is 2.53. The van der Waals surface area contributed by atoms with Crippen molar-refractivity contribution in [2.45, 2.75) is 56.0 Å². The number of ether oxygens (including phenoxy) is 3. The standard InChI is InChI=1S/C27H32N4O3S/c1-2-5-20(6-3-1)17-31-26(28-29-27(31)35-18-23-7-4-14-32-23)22-10-12-30(13-11-22)16-21-8-9-24-25(15-21)34-19-33-24/h1-3,5-6,8-9,15,22-23H,4,7,10-14,16-19H2. The summed E-state index contributed by atoms with van der Waals surface area (Å²) in [5.41, 5.74) is 2.56. The SMILES string of the molecule is c1ccc(Cn2c(SCC3CCCO3)nnc2C2CCN(Cc3ccc4c(c3)OCO4)CC2)cc1. The Morgan fingerprint density at radius 2 is 1.74 bits per heavy atom. The van der Waals surface area contributed by atoms with Crippen LogP contribution in [0.25, 0.3) is 0 Å². The molecule has 3 aromatic rings. The lowest BCUT2D eigenvalue weighted by Crippen LogP contribution is -2.33. The highest BCUT2D eigenvalue weighted by molar-refractivity contribution is 7.99. The van der Waals surface area contributed by atoms with Crippen LogP contribution in [-0.4, -0.2) is 58.0 Å². The molecule has 1 unspecified atom stereocenters. The second-order valence-corrected chi connectivity index (χ2v) is 10.6. The molecule has 0 N–H and O–H groups in total. The molecule has 6 rings (SSSR count). The Kier molecular flexibility index (Phi) is 6.93. The molecule has 2 fully saturated rings. The van der Waals surface area contributed by atoms with Gasteiger partial charge in [0, 0.05) is 24.8 Å². The van der Waals surface area contributed by atoms with Crippen molar-refractivity contribution in [3.63, 3.8) is 0 Å². The van der Waals surface area contributed by atoms with Gasteiger partial charge in [-0.2, -0.15) is 0 Å². The van der Waals surface area contributed by atoms with Crippen molar-refractivity contribution < 1.29 is 14.2 Å². The number of piperidine rings is 1.